The molecule has 2 aliphatic heterocycles. The van der Waals surface area contributed by atoms with Gasteiger partial charge in [0.1, 0.15) is 5.60 Å². The first-order valence-electron chi connectivity index (χ1n) is 11.2. The van der Waals surface area contributed by atoms with Crippen LogP contribution in [0.5, 0.6) is 0 Å². The molecule has 0 saturated carbocycles. The molecule has 2 aliphatic rings. The summed E-state index contributed by atoms with van der Waals surface area (Å²) >= 11 is 0. The molecule has 2 saturated heterocycles. The number of nitrogens with zero attached hydrogens (tertiary/aromatic N) is 4. The molecule has 0 spiro atoms. The van der Waals surface area contributed by atoms with E-state index in [1.807, 2.05) is 45.0 Å². The molecule has 3 amide bonds. The Bertz CT molecular complexity index is 928. The molecule has 2 fully saturated rings. The molecule has 1 aromatic carbocycles. The second-order valence-corrected chi connectivity index (χ2v) is 9.54. The number of hydrogen-bond donors (Lipinski definition) is 1. The van der Waals surface area contributed by atoms with Crippen LogP contribution in [0.2, 0.25) is 0 Å². The van der Waals surface area contributed by atoms with Crippen molar-refractivity contribution in [3.63, 3.8) is 0 Å². The Hall–Kier alpha value is -3.16. The Labute approximate surface area is 188 Å². The van der Waals surface area contributed by atoms with E-state index in [2.05, 4.69) is 27.6 Å². The molecule has 0 aliphatic carbocycles. The molecule has 4 rings (SSSR count). The number of urea groups is 1. The Morgan fingerprint density at radius 3 is 2.28 bits per heavy atom. The summed E-state index contributed by atoms with van der Waals surface area (Å²) in [5, 5.41) is 11.0. The molecule has 0 atom stereocenters. The molecular weight excluding hydrogens is 406 g/mol. The molecule has 1 N–H and O–H groups in total. The summed E-state index contributed by atoms with van der Waals surface area (Å²) < 4.78 is 5.47. The smallest absolute Gasteiger partial charge is 0.410 e. The van der Waals surface area contributed by atoms with Crippen LogP contribution in [-0.4, -0.2) is 63.9 Å². The Balaban J connectivity index is 1.24. The van der Waals surface area contributed by atoms with Crippen LogP contribution < -0.4 is 5.32 Å². The van der Waals surface area contributed by atoms with Gasteiger partial charge in [0.2, 0.25) is 0 Å². The minimum absolute atomic E-state index is 0.0939. The summed E-state index contributed by atoms with van der Waals surface area (Å²) in [6.07, 6.45) is 3.23. The van der Waals surface area contributed by atoms with Crippen molar-refractivity contribution >= 4 is 17.8 Å². The number of carbonyl (C=O) groups is 2. The first-order valence-corrected chi connectivity index (χ1v) is 11.2. The summed E-state index contributed by atoms with van der Waals surface area (Å²) in [7, 11) is 0. The molecule has 2 aromatic rings. The number of hydrogen-bond acceptors (Lipinski definition) is 5. The van der Waals surface area contributed by atoms with Gasteiger partial charge in [-0.1, -0.05) is 12.1 Å². The van der Waals surface area contributed by atoms with Crippen LogP contribution in [0.3, 0.4) is 0 Å². The third kappa shape index (κ3) is 5.36. The van der Waals surface area contributed by atoms with Crippen molar-refractivity contribution in [2.75, 3.05) is 31.5 Å². The highest BCUT2D eigenvalue weighted by Crippen LogP contribution is 2.30. The van der Waals surface area contributed by atoms with Crippen LogP contribution in [-0.2, 0) is 4.74 Å². The monoisotopic (exact) mass is 437 g/mol. The van der Waals surface area contributed by atoms with Crippen molar-refractivity contribution in [2.45, 2.75) is 51.0 Å². The van der Waals surface area contributed by atoms with E-state index in [4.69, 9.17) is 4.74 Å². The van der Waals surface area contributed by atoms with E-state index in [9.17, 15) is 9.59 Å². The zero-order valence-electron chi connectivity index (χ0n) is 19.0. The summed E-state index contributed by atoms with van der Waals surface area (Å²) in [6.45, 7) is 8.35. The maximum atomic E-state index is 12.5. The lowest BCUT2D eigenvalue weighted by atomic mass is 9.89. The maximum Gasteiger partial charge on any atom is 0.410 e. The molecular formula is C24H31N5O3. The summed E-state index contributed by atoms with van der Waals surface area (Å²) in [5.41, 5.74) is 2.48. The molecule has 0 unspecified atom stereocenters. The SMILES string of the molecule is CC(C)(C)OC(=O)N1CCC(c2ccc(NC(=O)N3CC(c4cccnn4)C3)cc2)CC1. The second-order valence-electron chi connectivity index (χ2n) is 9.54. The van der Waals surface area contributed by atoms with E-state index >= 15 is 0 Å². The highest BCUT2D eigenvalue weighted by molar-refractivity contribution is 5.90. The van der Waals surface area contributed by atoms with Crippen molar-refractivity contribution in [3.8, 4) is 0 Å². The zero-order chi connectivity index (χ0) is 22.7. The number of carbonyl (C=O) groups excluding carboxylic acids is 2. The molecule has 8 heteroatoms. The number of piperidine rings is 1. The first kappa shape index (κ1) is 22.0. The Morgan fingerprint density at radius 1 is 1.00 bits per heavy atom. The fourth-order valence-corrected chi connectivity index (χ4v) is 4.13. The minimum Gasteiger partial charge on any atom is -0.444 e. The van der Waals surface area contributed by atoms with Crippen molar-refractivity contribution < 1.29 is 14.3 Å². The number of amides is 3. The van der Waals surface area contributed by atoms with E-state index in [0.29, 0.717) is 32.1 Å². The maximum absolute atomic E-state index is 12.5. The minimum atomic E-state index is -0.471. The molecule has 0 radical (unpaired) electrons. The third-order valence-electron chi connectivity index (χ3n) is 5.96. The molecule has 1 aromatic heterocycles. The van der Waals surface area contributed by atoms with Gasteiger partial charge in [0.05, 0.1) is 5.69 Å². The van der Waals surface area contributed by atoms with Gasteiger partial charge in [0.25, 0.3) is 0 Å². The van der Waals surface area contributed by atoms with Crippen LogP contribution >= 0.6 is 0 Å². The topological polar surface area (TPSA) is 87.7 Å². The number of nitrogens with one attached hydrogen (secondary N) is 1. The van der Waals surface area contributed by atoms with E-state index in [-0.39, 0.29) is 18.0 Å². The van der Waals surface area contributed by atoms with Gasteiger partial charge < -0.3 is 19.9 Å². The number of aromatic nitrogens is 2. The van der Waals surface area contributed by atoms with Crippen LogP contribution in [0.4, 0.5) is 15.3 Å². The van der Waals surface area contributed by atoms with Crippen molar-refractivity contribution in [2.24, 2.45) is 0 Å². The fourth-order valence-electron chi connectivity index (χ4n) is 4.13. The van der Waals surface area contributed by atoms with Gasteiger partial charge in [-0.25, -0.2) is 9.59 Å². The van der Waals surface area contributed by atoms with Gasteiger partial charge >= 0.3 is 12.1 Å². The van der Waals surface area contributed by atoms with E-state index in [1.54, 1.807) is 16.0 Å². The van der Waals surface area contributed by atoms with E-state index in [1.165, 1.54) is 5.56 Å². The lowest BCUT2D eigenvalue weighted by Crippen LogP contribution is -2.50. The summed E-state index contributed by atoms with van der Waals surface area (Å²) in [6, 6.07) is 11.8. The summed E-state index contributed by atoms with van der Waals surface area (Å²) in [4.78, 5) is 28.3. The zero-order valence-corrected chi connectivity index (χ0v) is 19.0. The lowest BCUT2D eigenvalue weighted by molar-refractivity contribution is 0.0205. The molecule has 0 bridgehead atoms. The van der Waals surface area contributed by atoms with Gasteiger partial charge in [-0.2, -0.15) is 10.2 Å². The van der Waals surface area contributed by atoms with E-state index < -0.39 is 5.60 Å². The van der Waals surface area contributed by atoms with Crippen LogP contribution in [0, 0.1) is 0 Å². The quantitative estimate of drug-likeness (QED) is 0.777. The van der Waals surface area contributed by atoms with Crippen LogP contribution in [0.25, 0.3) is 0 Å². The Kier molecular flexibility index (Phi) is 6.30. The summed E-state index contributed by atoms with van der Waals surface area (Å²) in [5.74, 6) is 0.657. The fraction of sp³-hybridized carbons (Fsp3) is 0.500. The molecule has 32 heavy (non-hydrogen) atoms. The number of benzene rings is 1. The normalized spacial score (nSPS) is 17.6. The van der Waals surface area contributed by atoms with Crippen molar-refractivity contribution in [1.82, 2.24) is 20.0 Å². The van der Waals surface area contributed by atoms with Gasteiger partial charge in [-0.15, -0.1) is 0 Å². The predicted octanol–water partition coefficient (Wildman–Crippen LogP) is 4.22. The van der Waals surface area contributed by atoms with Gasteiger partial charge in [-0.3, -0.25) is 0 Å². The average Bonchev–Trinajstić information content (AvgIpc) is 2.73. The molecule has 170 valence electrons. The third-order valence-corrected chi connectivity index (χ3v) is 5.96. The van der Waals surface area contributed by atoms with Crippen molar-refractivity contribution in [3.05, 3.63) is 53.9 Å². The van der Waals surface area contributed by atoms with E-state index in [0.717, 1.165) is 24.2 Å². The predicted molar refractivity (Wildman–Crippen MR) is 122 cm³/mol. The standard InChI is InChI=1S/C24H31N5O3/c1-24(2,3)32-23(31)28-13-10-18(11-14-28)17-6-8-20(9-7-17)26-22(30)29-15-19(16-29)21-5-4-12-25-27-21/h4-9,12,18-19H,10-11,13-16H2,1-3H3,(H,26,30). The molecule has 8 nitrogen and oxygen atoms in total. The van der Waals surface area contributed by atoms with Crippen molar-refractivity contribution in [1.29, 1.82) is 0 Å². The number of likely N-dealkylation sites (tertiary alicyclic amines) is 2. The number of anilines is 1. The molecule has 3 heterocycles. The number of rotatable bonds is 3. The van der Waals surface area contributed by atoms with Gasteiger partial charge in [0, 0.05) is 44.0 Å². The highest BCUT2D eigenvalue weighted by atomic mass is 16.6. The first-order chi connectivity index (χ1) is 15.3. The van der Waals surface area contributed by atoms with Gasteiger partial charge in [0.15, 0.2) is 0 Å². The lowest BCUT2D eigenvalue weighted by Gasteiger charge is -2.38. The average molecular weight is 438 g/mol. The highest BCUT2D eigenvalue weighted by Gasteiger charge is 2.33. The van der Waals surface area contributed by atoms with Crippen LogP contribution in [0.15, 0.2) is 42.6 Å². The largest absolute Gasteiger partial charge is 0.444 e. The second kappa shape index (κ2) is 9.14. The van der Waals surface area contributed by atoms with Crippen LogP contribution in [0.1, 0.15) is 56.7 Å². The Morgan fingerprint density at radius 2 is 1.69 bits per heavy atom. The van der Waals surface area contributed by atoms with Gasteiger partial charge in [-0.05, 0) is 69.4 Å². The number of ether oxygens (including phenoxy) is 1.